The average molecular weight is 338 g/mol. The second-order valence-electron chi connectivity index (χ2n) is 4.89. The van der Waals surface area contributed by atoms with E-state index in [0.29, 0.717) is 35.2 Å². The summed E-state index contributed by atoms with van der Waals surface area (Å²) in [6.45, 7) is 2.49. The van der Waals surface area contributed by atoms with Crippen molar-refractivity contribution in [2.45, 2.75) is 19.8 Å². The second-order valence-corrected chi connectivity index (χ2v) is 5.71. The molecule has 2 rings (SSSR count). The van der Waals surface area contributed by atoms with Gasteiger partial charge in [-0.2, -0.15) is 0 Å². The molecule has 0 heterocycles. The highest BCUT2D eigenvalue weighted by molar-refractivity contribution is 6.42. The fourth-order valence-electron chi connectivity index (χ4n) is 1.93. The normalized spacial score (nSPS) is 10.3. The summed E-state index contributed by atoms with van der Waals surface area (Å²) < 4.78 is 5.65. The first-order chi connectivity index (χ1) is 10.6. The van der Waals surface area contributed by atoms with Crippen molar-refractivity contribution in [3.63, 3.8) is 0 Å². The lowest BCUT2D eigenvalue weighted by molar-refractivity contribution is -0.116. The second kappa shape index (κ2) is 8.06. The maximum absolute atomic E-state index is 11.8. The van der Waals surface area contributed by atoms with Crippen LogP contribution in [0.4, 0.5) is 5.69 Å². The van der Waals surface area contributed by atoms with Gasteiger partial charge in [-0.25, -0.2) is 0 Å². The lowest BCUT2D eigenvalue weighted by Gasteiger charge is -2.09. The van der Waals surface area contributed by atoms with Crippen LogP contribution in [0.1, 0.15) is 18.4 Å². The number of benzene rings is 2. The molecule has 2 aromatic rings. The molecule has 0 saturated heterocycles. The van der Waals surface area contributed by atoms with E-state index < -0.39 is 0 Å². The molecule has 0 bridgehead atoms. The van der Waals surface area contributed by atoms with Gasteiger partial charge in [0.1, 0.15) is 5.75 Å². The Morgan fingerprint density at radius 1 is 1.14 bits per heavy atom. The molecule has 3 nitrogen and oxygen atoms in total. The maximum atomic E-state index is 11.8. The van der Waals surface area contributed by atoms with Crippen LogP contribution in [-0.2, 0) is 4.79 Å². The molecule has 0 spiro atoms. The van der Waals surface area contributed by atoms with Crippen LogP contribution in [0.25, 0.3) is 0 Å². The highest BCUT2D eigenvalue weighted by atomic mass is 35.5. The van der Waals surface area contributed by atoms with Crippen molar-refractivity contribution < 1.29 is 9.53 Å². The summed E-state index contributed by atoms with van der Waals surface area (Å²) in [5.74, 6) is 0.777. The van der Waals surface area contributed by atoms with Crippen LogP contribution in [-0.4, -0.2) is 12.5 Å². The van der Waals surface area contributed by atoms with Crippen molar-refractivity contribution in [3.8, 4) is 5.75 Å². The first-order valence-electron chi connectivity index (χ1n) is 6.99. The van der Waals surface area contributed by atoms with Gasteiger partial charge in [0.25, 0.3) is 0 Å². The Kier molecular flexibility index (Phi) is 6.10. The number of carbonyl (C=O) groups is 1. The highest BCUT2D eigenvalue weighted by Gasteiger charge is 2.05. The van der Waals surface area contributed by atoms with Gasteiger partial charge in [0.2, 0.25) is 5.91 Å². The van der Waals surface area contributed by atoms with E-state index in [-0.39, 0.29) is 5.91 Å². The van der Waals surface area contributed by atoms with Gasteiger partial charge in [0.15, 0.2) is 0 Å². The third-order valence-corrected chi connectivity index (χ3v) is 3.84. The van der Waals surface area contributed by atoms with Crippen LogP contribution in [0.2, 0.25) is 10.0 Å². The van der Waals surface area contributed by atoms with Crippen LogP contribution >= 0.6 is 23.2 Å². The molecule has 0 unspecified atom stereocenters. The van der Waals surface area contributed by atoms with Gasteiger partial charge < -0.3 is 10.1 Å². The van der Waals surface area contributed by atoms with Gasteiger partial charge in [-0.05, 0) is 43.2 Å². The zero-order chi connectivity index (χ0) is 15.9. The van der Waals surface area contributed by atoms with E-state index in [1.807, 2.05) is 31.2 Å². The van der Waals surface area contributed by atoms with E-state index in [2.05, 4.69) is 5.32 Å². The summed E-state index contributed by atoms with van der Waals surface area (Å²) in [5, 5.41) is 3.67. The van der Waals surface area contributed by atoms with Crippen molar-refractivity contribution in [2.24, 2.45) is 0 Å². The number of amides is 1. The predicted molar refractivity (Wildman–Crippen MR) is 91.0 cm³/mol. The molecule has 0 radical (unpaired) electrons. The van der Waals surface area contributed by atoms with E-state index in [4.69, 9.17) is 27.9 Å². The molecule has 0 aliphatic heterocycles. The monoisotopic (exact) mass is 337 g/mol. The van der Waals surface area contributed by atoms with Crippen molar-refractivity contribution >= 4 is 34.8 Å². The largest absolute Gasteiger partial charge is 0.493 e. The number of hydrogen-bond donors (Lipinski definition) is 1. The molecular weight excluding hydrogens is 321 g/mol. The Hall–Kier alpha value is -1.71. The van der Waals surface area contributed by atoms with Gasteiger partial charge in [0.05, 0.1) is 16.7 Å². The number of halogens is 2. The van der Waals surface area contributed by atoms with Crippen LogP contribution in [0, 0.1) is 6.92 Å². The number of hydrogen-bond acceptors (Lipinski definition) is 2. The molecule has 2 aromatic carbocycles. The van der Waals surface area contributed by atoms with Crippen molar-refractivity contribution in [1.29, 1.82) is 0 Å². The summed E-state index contributed by atoms with van der Waals surface area (Å²) >= 11 is 11.7. The van der Waals surface area contributed by atoms with Gasteiger partial charge in [-0.3, -0.25) is 4.79 Å². The Bertz CT molecular complexity index is 659. The Morgan fingerprint density at radius 2 is 1.91 bits per heavy atom. The summed E-state index contributed by atoms with van der Waals surface area (Å²) in [5.41, 5.74) is 1.72. The van der Waals surface area contributed by atoms with E-state index in [0.717, 1.165) is 11.3 Å². The maximum Gasteiger partial charge on any atom is 0.224 e. The SMILES string of the molecule is Cc1ccccc1OCCCC(=O)Nc1ccc(Cl)c(Cl)c1. The van der Waals surface area contributed by atoms with Crippen LogP contribution in [0.3, 0.4) is 0 Å². The van der Waals surface area contributed by atoms with Gasteiger partial charge in [-0.15, -0.1) is 0 Å². The minimum Gasteiger partial charge on any atom is -0.493 e. The van der Waals surface area contributed by atoms with E-state index in [1.54, 1.807) is 18.2 Å². The molecule has 0 saturated carbocycles. The van der Waals surface area contributed by atoms with Gasteiger partial charge in [0, 0.05) is 12.1 Å². The van der Waals surface area contributed by atoms with E-state index in [9.17, 15) is 4.79 Å². The third-order valence-electron chi connectivity index (χ3n) is 3.10. The number of para-hydroxylation sites is 1. The lowest BCUT2D eigenvalue weighted by Crippen LogP contribution is -2.12. The molecule has 0 aromatic heterocycles. The van der Waals surface area contributed by atoms with Crippen LogP contribution in [0.5, 0.6) is 5.75 Å². The number of aryl methyl sites for hydroxylation is 1. The molecule has 1 amide bonds. The minimum atomic E-state index is -0.0771. The summed E-state index contributed by atoms with van der Waals surface area (Å²) in [6, 6.07) is 12.8. The van der Waals surface area contributed by atoms with Crippen molar-refractivity contribution in [1.82, 2.24) is 0 Å². The number of carbonyl (C=O) groups excluding carboxylic acids is 1. The predicted octanol–water partition coefficient (Wildman–Crippen LogP) is 5.10. The summed E-state index contributed by atoms with van der Waals surface area (Å²) in [6.07, 6.45) is 1.02. The van der Waals surface area contributed by atoms with Crippen LogP contribution < -0.4 is 10.1 Å². The van der Waals surface area contributed by atoms with Gasteiger partial charge in [-0.1, -0.05) is 41.4 Å². The molecule has 0 fully saturated rings. The van der Waals surface area contributed by atoms with E-state index >= 15 is 0 Å². The topological polar surface area (TPSA) is 38.3 Å². The Labute approximate surface area is 140 Å². The zero-order valence-corrected chi connectivity index (χ0v) is 13.7. The highest BCUT2D eigenvalue weighted by Crippen LogP contribution is 2.25. The minimum absolute atomic E-state index is 0.0771. The molecule has 0 atom stereocenters. The number of nitrogens with one attached hydrogen (secondary N) is 1. The third kappa shape index (κ3) is 4.93. The molecule has 116 valence electrons. The molecule has 0 aliphatic carbocycles. The van der Waals surface area contributed by atoms with E-state index in [1.165, 1.54) is 0 Å². The Morgan fingerprint density at radius 3 is 2.64 bits per heavy atom. The number of rotatable bonds is 6. The molecule has 22 heavy (non-hydrogen) atoms. The zero-order valence-electron chi connectivity index (χ0n) is 12.2. The molecule has 5 heteroatoms. The lowest BCUT2D eigenvalue weighted by atomic mass is 10.2. The van der Waals surface area contributed by atoms with Crippen molar-refractivity contribution in [3.05, 3.63) is 58.1 Å². The fourth-order valence-corrected chi connectivity index (χ4v) is 2.23. The smallest absolute Gasteiger partial charge is 0.224 e. The standard InChI is InChI=1S/C17H17Cl2NO2/c1-12-5-2-3-6-16(12)22-10-4-7-17(21)20-13-8-9-14(18)15(19)11-13/h2-3,5-6,8-9,11H,4,7,10H2,1H3,(H,20,21). The van der Waals surface area contributed by atoms with Crippen LogP contribution in [0.15, 0.2) is 42.5 Å². The average Bonchev–Trinajstić information content (AvgIpc) is 2.49. The van der Waals surface area contributed by atoms with Gasteiger partial charge >= 0.3 is 0 Å². The molecule has 0 aliphatic rings. The number of ether oxygens (including phenoxy) is 1. The first kappa shape index (κ1) is 16.7. The Balaban J connectivity index is 1.74. The summed E-state index contributed by atoms with van der Waals surface area (Å²) in [7, 11) is 0. The summed E-state index contributed by atoms with van der Waals surface area (Å²) in [4.78, 5) is 11.8. The van der Waals surface area contributed by atoms with Crippen molar-refractivity contribution in [2.75, 3.05) is 11.9 Å². The fraction of sp³-hybridized carbons (Fsp3) is 0.235. The number of anilines is 1. The quantitative estimate of drug-likeness (QED) is 0.744. The first-order valence-corrected chi connectivity index (χ1v) is 7.75. The molecule has 1 N–H and O–H groups in total. The molecular formula is C17H17Cl2NO2.